The first-order chi connectivity index (χ1) is 9.06. The van der Waals surface area contributed by atoms with E-state index in [-0.39, 0.29) is 5.91 Å². The quantitative estimate of drug-likeness (QED) is 0.913. The van der Waals surface area contributed by atoms with E-state index in [1.54, 1.807) is 16.2 Å². The fourth-order valence-corrected chi connectivity index (χ4v) is 3.82. The minimum absolute atomic E-state index is 0.0230. The van der Waals surface area contributed by atoms with E-state index in [2.05, 4.69) is 15.9 Å². The number of benzene rings is 1. The Balaban J connectivity index is 1.97. The van der Waals surface area contributed by atoms with Gasteiger partial charge in [0.05, 0.1) is 10.3 Å². The van der Waals surface area contributed by atoms with Gasteiger partial charge in [-0.25, -0.2) is 0 Å². The molecule has 0 radical (unpaired) electrons. The van der Waals surface area contributed by atoms with Crippen LogP contribution in [0.15, 0.2) is 34.1 Å². The fourth-order valence-electron chi connectivity index (χ4n) is 2.34. The smallest absolute Gasteiger partial charge is 0.248 e. The summed E-state index contributed by atoms with van der Waals surface area (Å²) in [6, 6.07) is 9.50. The molecule has 0 saturated carbocycles. The second-order valence-electron chi connectivity index (χ2n) is 4.67. The number of hydrogen-bond acceptors (Lipinski definition) is 3. The molecule has 3 nitrogen and oxygen atoms in total. The van der Waals surface area contributed by atoms with Crippen molar-refractivity contribution in [1.82, 2.24) is 0 Å². The minimum Gasteiger partial charge on any atom is -0.316 e. The zero-order chi connectivity index (χ0) is 13.6. The molecule has 0 saturated heterocycles. The van der Waals surface area contributed by atoms with Crippen molar-refractivity contribution < 1.29 is 4.79 Å². The van der Waals surface area contributed by atoms with Crippen LogP contribution in [0.3, 0.4) is 0 Å². The summed E-state index contributed by atoms with van der Waals surface area (Å²) in [6.07, 6.45) is 0. The topological polar surface area (TPSA) is 46.3 Å². The molecule has 5 heteroatoms. The molecule has 1 aliphatic heterocycles. The van der Waals surface area contributed by atoms with Crippen LogP contribution < -0.4 is 10.6 Å². The van der Waals surface area contributed by atoms with Crippen molar-refractivity contribution in [3.8, 4) is 0 Å². The largest absolute Gasteiger partial charge is 0.316 e. The van der Waals surface area contributed by atoms with Crippen molar-refractivity contribution in [2.75, 3.05) is 4.90 Å². The first-order valence-corrected chi connectivity index (χ1v) is 7.59. The lowest BCUT2D eigenvalue weighted by molar-refractivity contribution is -0.119. The predicted molar refractivity (Wildman–Crippen MR) is 81.3 cm³/mol. The van der Waals surface area contributed by atoms with Gasteiger partial charge in [-0.05, 0) is 41.1 Å². The maximum absolute atomic E-state index is 12.3. The normalized spacial score (nSPS) is 17.9. The highest BCUT2D eigenvalue weighted by molar-refractivity contribution is 9.11. The molecule has 1 aromatic heterocycles. The van der Waals surface area contributed by atoms with Gasteiger partial charge < -0.3 is 10.6 Å². The van der Waals surface area contributed by atoms with E-state index in [9.17, 15) is 4.79 Å². The van der Waals surface area contributed by atoms with Gasteiger partial charge in [0.15, 0.2) is 0 Å². The summed E-state index contributed by atoms with van der Waals surface area (Å²) in [7, 11) is 0. The Hall–Kier alpha value is -1.17. The standard InChI is InChI=1S/C14H13BrN2OS/c1-8-2-4-11-10(6-8)13(16)14(18)17(11)7-9-3-5-12(15)19-9/h2-6,13H,7,16H2,1H3. The molecule has 1 atom stereocenters. The third-order valence-electron chi connectivity index (χ3n) is 3.28. The highest BCUT2D eigenvalue weighted by atomic mass is 79.9. The Kier molecular flexibility index (Phi) is 3.20. The molecule has 2 heterocycles. The van der Waals surface area contributed by atoms with Crippen LogP contribution in [0, 0.1) is 6.92 Å². The average molecular weight is 337 g/mol. The highest BCUT2D eigenvalue weighted by Crippen LogP contribution is 2.37. The molecule has 3 rings (SSSR count). The lowest BCUT2D eigenvalue weighted by Gasteiger charge is -2.16. The number of anilines is 1. The van der Waals surface area contributed by atoms with Gasteiger partial charge in [-0.15, -0.1) is 11.3 Å². The lowest BCUT2D eigenvalue weighted by Crippen LogP contribution is -2.30. The molecule has 2 aromatic rings. The first kappa shape index (κ1) is 12.8. The zero-order valence-electron chi connectivity index (χ0n) is 10.4. The van der Waals surface area contributed by atoms with Crippen molar-refractivity contribution in [1.29, 1.82) is 0 Å². The SMILES string of the molecule is Cc1ccc2c(c1)C(N)C(=O)N2Cc1ccc(Br)s1. The first-order valence-electron chi connectivity index (χ1n) is 5.98. The summed E-state index contributed by atoms with van der Waals surface area (Å²) in [5.41, 5.74) is 9.01. The molecule has 0 bridgehead atoms. The highest BCUT2D eigenvalue weighted by Gasteiger charge is 2.34. The van der Waals surface area contributed by atoms with Crippen molar-refractivity contribution in [3.63, 3.8) is 0 Å². The summed E-state index contributed by atoms with van der Waals surface area (Å²) in [5, 5.41) is 0. The molecule has 1 amide bonds. The maximum Gasteiger partial charge on any atom is 0.248 e. The second kappa shape index (κ2) is 4.74. The number of carbonyl (C=O) groups is 1. The molecule has 2 N–H and O–H groups in total. The van der Waals surface area contributed by atoms with Crippen LogP contribution in [0.2, 0.25) is 0 Å². The predicted octanol–water partition coefficient (Wildman–Crippen LogP) is 3.37. The van der Waals surface area contributed by atoms with Crippen LogP contribution in [0.5, 0.6) is 0 Å². The molecule has 0 spiro atoms. The third-order valence-corrected chi connectivity index (χ3v) is 4.89. The number of nitrogens with zero attached hydrogens (tertiary/aromatic N) is 1. The van der Waals surface area contributed by atoms with Gasteiger partial charge >= 0.3 is 0 Å². The van der Waals surface area contributed by atoms with E-state index in [1.807, 2.05) is 37.3 Å². The van der Waals surface area contributed by atoms with E-state index >= 15 is 0 Å². The van der Waals surface area contributed by atoms with Crippen LogP contribution in [-0.2, 0) is 11.3 Å². The van der Waals surface area contributed by atoms with Gasteiger partial charge in [0.1, 0.15) is 6.04 Å². The molecule has 1 unspecified atom stereocenters. The summed E-state index contributed by atoms with van der Waals surface area (Å²) in [5.74, 6) is -0.0230. The van der Waals surface area contributed by atoms with Crippen LogP contribution in [-0.4, -0.2) is 5.91 Å². The number of carbonyl (C=O) groups excluding carboxylic acids is 1. The van der Waals surface area contributed by atoms with Gasteiger partial charge in [-0.1, -0.05) is 17.7 Å². The van der Waals surface area contributed by atoms with Crippen LogP contribution >= 0.6 is 27.3 Å². The van der Waals surface area contributed by atoms with Gasteiger partial charge in [-0.3, -0.25) is 4.79 Å². The Bertz CT molecular complexity index is 653. The minimum atomic E-state index is -0.529. The molecular weight excluding hydrogens is 324 g/mol. The van der Waals surface area contributed by atoms with E-state index in [0.29, 0.717) is 6.54 Å². The number of halogens is 1. The van der Waals surface area contributed by atoms with Crippen molar-refractivity contribution in [2.24, 2.45) is 5.73 Å². The molecule has 1 aromatic carbocycles. The molecule has 1 aliphatic rings. The molecule has 0 aliphatic carbocycles. The number of nitrogens with two attached hydrogens (primary N) is 1. The molecular formula is C14H13BrN2OS. The van der Waals surface area contributed by atoms with Gasteiger partial charge in [0.2, 0.25) is 5.91 Å². The fraction of sp³-hybridized carbons (Fsp3) is 0.214. The second-order valence-corrected chi connectivity index (χ2v) is 7.22. The van der Waals surface area contributed by atoms with Crippen LogP contribution in [0.4, 0.5) is 5.69 Å². The summed E-state index contributed by atoms with van der Waals surface area (Å²) in [6.45, 7) is 2.59. The average Bonchev–Trinajstić information content (AvgIpc) is 2.88. The lowest BCUT2D eigenvalue weighted by atomic mass is 10.1. The Morgan fingerprint density at radius 3 is 2.84 bits per heavy atom. The Labute approximate surface area is 124 Å². The monoisotopic (exact) mass is 336 g/mol. The number of fused-ring (bicyclic) bond motifs is 1. The number of hydrogen-bond donors (Lipinski definition) is 1. The molecule has 0 fully saturated rings. The third kappa shape index (κ3) is 2.22. The van der Waals surface area contributed by atoms with E-state index in [0.717, 1.165) is 25.5 Å². The Morgan fingerprint density at radius 1 is 1.37 bits per heavy atom. The van der Waals surface area contributed by atoms with Gasteiger partial charge in [-0.2, -0.15) is 0 Å². The number of rotatable bonds is 2. The van der Waals surface area contributed by atoms with Gasteiger partial charge in [0.25, 0.3) is 0 Å². The molecule has 98 valence electrons. The van der Waals surface area contributed by atoms with Crippen molar-refractivity contribution in [2.45, 2.75) is 19.5 Å². The van der Waals surface area contributed by atoms with Crippen LogP contribution in [0.25, 0.3) is 0 Å². The molecule has 19 heavy (non-hydrogen) atoms. The number of thiophene rings is 1. The van der Waals surface area contributed by atoms with Crippen molar-refractivity contribution >= 4 is 38.9 Å². The summed E-state index contributed by atoms with van der Waals surface area (Å²) >= 11 is 5.08. The van der Waals surface area contributed by atoms with Crippen molar-refractivity contribution in [3.05, 3.63) is 50.1 Å². The maximum atomic E-state index is 12.3. The van der Waals surface area contributed by atoms with E-state index in [4.69, 9.17) is 5.73 Å². The van der Waals surface area contributed by atoms with E-state index < -0.39 is 6.04 Å². The number of amides is 1. The van der Waals surface area contributed by atoms with Crippen LogP contribution in [0.1, 0.15) is 22.0 Å². The zero-order valence-corrected chi connectivity index (χ0v) is 12.8. The van der Waals surface area contributed by atoms with Gasteiger partial charge in [0, 0.05) is 16.1 Å². The number of aryl methyl sites for hydroxylation is 1. The summed E-state index contributed by atoms with van der Waals surface area (Å²) in [4.78, 5) is 15.2. The van der Waals surface area contributed by atoms with E-state index in [1.165, 1.54) is 0 Å². The Morgan fingerprint density at radius 2 is 2.16 bits per heavy atom. The summed E-state index contributed by atoms with van der Waals surface area (Å²) < 4.78 is 1.07.